The molecule has 2 aromatic heterocycles. The smallest absolute Gasteiger partial charge is 0.235 e. The molecular weight excluding hydrogens is 354 g/mol. The van der Waals surface area contributed by atoms with E-state index in [0.29, 0.717) is 33.6 Å². The van der Waals surface area contributed by atoms with Crippen LogP contribution >= 0.6 is 0 Å². The molecule has 0 bridgehead atoms. The van der Waals surface area contributed by atoms with E-state index in [1.54, 1.807) is 37.7 Å². The number of aromatic amines is 2. The molecule has 0 unspecified atom stereocenters. The summed E-state index contributed by atoms with van der Waals surface area (Å²) in [5.74, 6) is 0.666. The third-order valence-corrected chi connectivity index (χ3v) is 5.15. The average molecular weight is 367 g/mol. The van der Waals surface area contributed by atoms with Crippen LogP contribution in [0.1, 0.15) is 5.56 Å². The van der Waals surface area contributed by atoms with E-state index in [4.69, 9.17) is 4.74 Å². The number of rotatable bonds is 3. The Morgan fingerprint density at radius 2 is 1.43 bits per heavy atom. The van der Waals surface area contributed by atoms with E-state index in [-0.39, 0.29) is 0 Å². The number of methoxy groups -OCH3 is 1. The van der Waals surface area contributed by atoms with Gasteiger partial charge in [0.1, 0.15) is 5.75 Å². The molecule has 3 aromatic carbocycles. The first kappa shape index (κ1) is 16.1. The average Bonchev–Trinajstić information content (AvgIpc) is 3.33. The fourth-order valence-corrected chi connectivity index (χ4v) is 3.74. The number of H-pyrrole nitrogens is 2. The van der Waals surface area contributed by atoms with Crippen molar-refractivity contribution in [2.45, 2.75) is 0 Å². The number of ether oxygens (including phenoxy) is 1. The zero-order valence-corrected chi connectivity index (χ0v) is 14.8. The summed E-state index contributed by atoms with van der Waals surface area (Å²) >= 11 is 0. The van der Waals surface area contributed by atoms with E-state index in [0.717, 1.165) is 21.8 Å². The fraction of sp³-hybridized carbons (Fsp3) is 0.0455. The van der Waals surface area contributed by atoms with Crippen molar-refractivity contribution in [2.24, 2.45) is 0 Å². The van der Waals surface area contributed by atoms with Crippen LogP contribution in [-0.4, -0.2) is 17.1 Å². The molecular formula is C22H13N3O3. The van der Waals surface area contributed by atoms with Crippen LogP contribution in [-0.2, 0) is 0 Å². The number of hydrogen-bond donors (Lipinski definition) is 2. The minimum absolute atomic E-state index is 0.370. The molecule has 0 aliphatic heterocycles. The van der Waals surface area contributed by atoms with Gasteiger partial charge < -0.3 is 14.7 Å². The predicted octanol–water partition coefficient (Wildman–Crippen LogP) is 3.46. The standard InChI is InChI=1S/C22H13N3O3/c1-28-12-3-5-18-14(7-12)16(10-25-18)20-19(21(26)22(20)27)15-9-24-17-4-2-11(8-23)6-13(15)17/h2-7,9-10,24-25H,1H3. The van der Waals surface area contributed by atoms with Gasteiger partial charge >= 0.3 is 0 Å². The fourth-order valence-electron chi connectivity index (χ4n) is 3.74. The summed E-state index contributed by atoms with van der Waals surface area (Å²) < 4.78 is 5.29. The van der Waals surface area contributed by atoms with Crippen LogP contribution in [0.5, 0.6) is 5.75 Å². The van der Waals surface area contributed by atoms with Crippen molar-refractivity contribution in [3.8, 4) is 34.1 Å². The highest BCUT2D eigenvalue weighted by Gasteiger charge is 2.27. The number of hydrogen-bond acceptors (Lipinski definition) is 4. The van der Waals surface area contributed by atoms with Gasteiger partial charge in [0.2, 0.25) is 10.9 Å². The molecule has 5 aromatic rings. The van der Waals surface area contributed by atoms with Crippen molar-refractivity contribution >= 4 is 21.8 Å². The highest BCUT2D eigenvalue weighted by Crippen LogP contribution is 2.37. The van der Waals surface area contributed by atoms with Crippen LogP contribution in [0.3, 0.4) is 0 Å². The van der Waals surface area contributed by atoms with Gasteiger partial charge in [-0.1, -0.05) is 0 Å². The number of aromatic nitrogens is 2. The summed E-state index contributed by atoms with van der Waals surface area (Å²) in [5.41, 5.74) is 3.16. The zero-order chi connectivity index (χ0) is 19.4. The van der Waals surface area contributed by atoms with E-state index in [2.05, 4.69) is 16.0 Å². The van der Waals surface area contributed by atoms with Crippen molar-refractivity contribution in [1.82, 2.24) is 9.97 Å². The van der Waals surface area contributed by atoms with E-state index in [1.807, 2.05) is 18.2 Å². The monoisotopic (exact) mass is 367 g/mol. The Kier molecular flexibility index (Phi) is 3.27. The molecule has 0 saturated carbocycles. The molecule has 5 rings (SSSR count). The van der Waals surface area contributed by atoms with Crippen LogP contribution in [0.4, 0.5) is 0 Å². The van der Waals surface area contributed by atoms with E-state index < -0.39 is 10.9 Å². The second-order valence-electron chi connectivity index (χ2n) is 6.60. The Hall–Kier alpha value is -4.11. The molecule has 28 heavy (non-hydrogen) atoms. The van der Waals surface area contributed by atoms with E-state index in [9.17, 15) is 14.9 Å². The molecule has 0 aliphatic carbocycles. The quantitative estimate of drug-likeness (QED) is 0.477. The number of benzene rings is 2. The maximum absolute atomic E-state index is 12.5. The molecule has 134 valence electrons. The molecule has 6 heteroatoms. The maximum Gasteiger partial charge on any atom is 0.235 e. The highest BCUT2D eigenvalue weighted by atomic mass is 16.5. The van der Waals surface area contributed by atoms with Gasteiger partial charge in [-0.2, -0.15) is 5.26 Å². The lowest BCUT2D eigenvalue weighted by Crippen LogP contribution is -2.34. The summed E-state index contributed by atoms with van der Waals surface area (Å²) in [6, 6.07) is 12.9. The van der Waals surface area contributed by atoms with E-state index >= 15 is 0 Å². The molecule has 2 heterocycles. The Morgan fingerprint density at radius 1 is 0.857 bits per heavy atom. The van der Waals surface area contributed by atoms with Crippen molar-refractivity contribution in [3.63, 3.8) is 0 Å². The highest BCUT2D eigenvalue weighted by molar-refractivity contribution is 6.06. The van der Waals surface area contributed by atoms with Crippen molar-refractivity contribution in [2.75, 3.05) is 7.11 Å². The molecule has 0 atom stereocenters. The van der Waals surface area contributed by atoms with Gasteiger partial charge in [-0.25, -0.2) is 0 Å². The lowest BCUT2D eigenvalue weighted by molar-refractivity contribution is 0.415. The first-order valence-electron chi connectivity index (χ1n) is 8.62. The predicted molar refractivity (Wildman–Crippen MR) is 107 cm³/mol. The first-order chi connectivity index (χ1) is 13.6. The Balaban J connectivity index is 1.79. The van der Waals surface area contributed by atoms with Gasteiger partial charge in [0.05, 0.1) is 18.7 Å². The van der Waals surface area contributed by atoms with Crippen molar-refractivity contribution < 1.29 is 4.74 Å². The SMILES string of the molecule is COc1ccc2[nH]cc(-c3c(-c4c[nH]c5ccc(C#N)cc45)c(=O)c3=O)c2c1. The molecule has 2 N–H and O–H groups in total. The minimum Gasteiger partial charge on any atom is -0.497 e. The second kappa shape index (κ2) is 5.69. The van der Waals surface area contributed by atoms with Gasteiger partial charge in [-0.15, -0.1) is 0 Å². The summed E-state index contributed by atoms with van der Waals surface area (Å²) in [4.78, 5) is 31.3. The molecule has 0 saturated heterocycles. The van der Waals surface area contributed by atoms with Crippen LogP contribution in [0.2, 0.25) is 0 Å². The van der Waals surface area contributed by atoms with Gasteiger partial charge in [0.25, 0.3) is 0 Å². The summed E-state index contributed by atoms with van der Waals surface area (Å²) in [7, 11) is 1.58. The summed E-state index contributed by atoms with van der Waals surface area (Å²) in [6.45, 7) is 0. The second-order valence-corrected chi connectivity index (χ2v) is 6.60. The van der Waals surface area contributed by atoms with E-state index in [1.165, 1.54) is 0 Å². The largest absolute Gasteiger partial charge is 0.497 e. The summed E-state index contributed by atoms with van der Waals surface area (Å²) in [6.07, 6.45) is 3.44. The topological polar surface area (TPSA) is 98.7 Å². The molecule has 0 fully saturated rings. The number of nitrogens with one attached hydrogen (secondary N) is 2. The van der Waals surface area contributed by atoms with Crippen molar-refractivity contribution in [3.05, 3.63) is 74.8 Å². The zero-order valence-electron chi connectivity index (χ0n) is 14.8. The van der Waals surface area contributed by atoms with Crippen LogP contribution < -0.4 is 15.6 Å². The third-order valence-electron chi connectivity index (χ3n) is 5.15. The van der Waals surface area contributed by atoms with Crippen molar-refractivity contribution in [1.29, 1.82) is 5.26 Å². The van der Waals surface area contributed by atoms with Gasteiger partial charge in [-0.05, 0) is 36.4 Å². The number of nitrogens with zero attached hydrogens (tertiary/aromatic N) is 1. The molecule has 6 nitrogen and oxygen atoms in total. The summed E-state index contributed by atoms with van der Waals surface area (Å²) in [5, 5.41) is 10.7. The van der Waals surface area contributed by atoms with Gasteiger partial charge in [0, 0.05) is 56.5 Å². The lowest BCUT2D eigenvalue weighted by atomic mass is 9.89. The Bertz CT molecular complexity index is 1500. The number of fused-ring (bicyclic) bond motifs is 2. The van der Waals surface area contributed by atoms with Gasteiger partial charge in [-0.3, -0.25) is 9.59 Å². The maximum atomic E-state index is 12.5. The third kappa shape index (κ3) is 2.07. The normalized spacial score (nSPS) is 11.3. The molecule has 0 spiro atoms. The Morgan fingerprint density at radius 3 is 2.00 bits per heavy atom. The first-order valence-corrected chi connectivity index (χ1v) is 8.62. The molecule has 0 radical (unpaired) electrons. The Labute approximate surface area is 158 Å². The lowest BCUT2D eigenvalue weighted by Gasteiger charge is -2.10. The van der Waals surface area contributed by atoms with Crippen LogP contribution in [0.25, 0.3) is 44.1 Å². The van der Waals surface area contributed by atoms with Crippen LogP contribution in [0, 0.1) is 11.3 Å². The number of nitriles is 1. The molecule has 0 aliphatic rings. The minimum atomic E-state index is -0.518. The van der Waals surface area contributed by atoms with Crippen LogP contribution in [0.15, 0.2) is 58.4 Å². The molecule has 0 amide bonds. The van der Waals surface area contributed by atoms with Gasteiger partial charge in [0.15, 0.2) is 0 Å².